The molecule has 2 fully saturated rings. The molecule has 2 saturated heterocycles. The molecule has 5 heteroatoms. The third kappa shape index (κ3) is 3.28. The van der Waals surface area contributed by atoms with E-state index in [0.29, 0.717) is 12.1 Å². The summed E-state index contributed by atoms with van der Waals surface area (Å²) in [5, 5.41) is 2.45. The number of hydrogen-bond donors (Lipinski definition) is 0. The molecule has 2 atom stereocenters. The largest absolute Gasteiger partial charge is 0.353 e. The maximum atomic E-state index is 13.5. The number of hydrogen-bond acceptors (Lipinski definition) is 4. The first-order valence-electron chi connectivity index (χ1n) is 9.72. The van der Waals surface area contributed by atoms with Crippen LogP contribution >= 0.6 is 0 Å². The molecule has 27 heavy (non-hydrogen) atoms. The molecule has 0 spiro atoms. The molecule has 3 aromatic rings. The number of anilines is 1. The van der Waals surface area contributed by atoms with Gasteiger partial charge in [-0.2, -0.15) is 4.39 Å². The number of fused-ring (bicyclic) bond motifs is 3. The molecule has 2 bridgehead atoms. The van der Waals surface area contributed by atoms with Crippen molar-refractivity contribution in [2.24, 2.45) is 0 Å². The summed E-state index contributed by atoms with van der Waals surface area (Å²) in [7, 11) is 0. The highest BCUT2D eigenvalue weighted by atomic mass is 19.1. The Kier molecular flexibility index (Phi) is 4.24. The predicted molar refractivity (Wildman–Crippen MR) is 105 cm³/mol. The molecule has 0 saturated carbocycles. The molecule has 0 N–H and O–H groups in total. The Morgan fingerprint density at radius 2 is 1.85 bits per heavy atom. The Bertz CT molecular complexity index is 946. The summed E-state index contributed by atoms with van der Waals surface area (Å²) < 4.78 is 13.5. The van der Waals surface area contributed by atoms with Crippen LogP contribution in [0.3, 0.4) is 0 Å². The maximum Gasteiger partial charge on any atom is 0.214 e. The zero-order chi connectivity index (χ0) is 18.2. The van der Waals surface area contributed by atoms with E-state index < -0.39 is 5.95 Å². The summed E-state index contributed by atoms with van der Waals surface area (Å²) in [4.78, 5) is 13.2. The predicted octanol–water partition coefficient (Wildman–Crippen LogP) is 3.66. The topological polar surface area (TPSA) is 32.3 Å². The fraction of sp³-hybridized carbons (Fsp3) is 0.364. The molecular formula is C22H23FN4. The van der Waals surface area contributed by atoms with Crippen LogP contribution in [0.5, 0.6) is 0 Å². The van der Waals surface area contributed by atoms with E-state index in [0.717, 1.165) is 31.9 Å². The second-order valence-electron chi connectivity index (χ2n) is 7.65. The van der Waals surface area contributed by atoms with Crippen LogP contribution in [0.1, 0.15) is 18.4 Å². The average molecular weight is 362 g/mol. The molecule has 4 heterocycles. The van der Waals surface area contributed by atoms with Gasteiger partial charge in [-0.3, -0.25) is 9.88 Å². The van der Waals surface area contributed by atoms with Crippen LogP contribution < -0.4 is 4.90 Å². The highest BCUT2D eigenvalue weighted by Crippen LogP contribution is 2.32. The van der Waals surface area contributed by atoms with E-state index in [2.05, 4.69) is 44.0 Å². The molecular weight excluding hydrogens is 339 g/mol. The van der Waals surface area contributed by atoms with Gasteiger partial charge in [0.25, 0.3) is 0 Å². The van der Waals surface area contributed by atoms with Crippen LogP contribution in [-0.2, 0) is 6.42 Å². The lowest BCUT2D eigenvalue weighted by Gasteiger charge is -2.41. The summed E-state index contributed by atoms with van der Waals surface area (Å²) in [6, 6.07) is 14.9. The Morgan fingerprint density at radius 1 is 1.00 bits per heavy atom. The SMILES string of the molecule is Fc1cccc(N2CC3CCC(C2)N3CCc2ccc3ccncc3c2)n1. The first-order chi connectivity index (χ1) is 13.3. The Balaban J connectivity index is 1.27. The highest BCUT2D eigenvalue weighted by Gasteiger charge is 2.39. The van der Waals surface area contributed by atoms with E-state index >= 15 is 0 Å². The van der Waals surface area contributed by atoms with Crippen molar-refractivity contribution in [1.82, 2.24) is 14.9 Å². The third-order valence-corrected chi connectivity index (χ3v) is 6.02. The van der Waals surface area contributed by atoms with E-state index in [-0.39, 0.29) is 0 Å². The number of benzene rings is 1. The van der Waals surface area contributed by atoms with Crippen LogP contribution in [0.15, 0.2) is 54.9 Å². The molecule has 138 valence electrons. The van der Waals surface area contributed by atoms with Gasteiger partial charge in [-0.1, -0.05) is 18.2 Å². The lowest BCUT2D eigenvalue weighted by atomic mass is 10.1. The summed E-state index contributed by atoms with van der Waals surface area (Å²) >= 11 is 0. The maximum absolute atomic E-state index is 13.5. The lowest BCUT2D eigenvalue weighted by molar-refractivity contribution is 0.171. The third-order valence-electron chi connectivity index (χ3n) is 6.02. The van der Waals surface area contributed by atoms with Crippen LogP contribution in [0.4, 0.5) is 10.2 Å². The number of halogens is 1. The minimum atomic E-state index is -0.395. The first kappa shape index (κ1) is 16.6. The van der Waals surface area contributed by atoms with E-state index in [1.807, 2.05) is 18.5 Å². The van der Waals surface area contributed by atoms with Gasteiger partial charge in [0.15, 0.2) is 0 Å². The fourth-order valence-corrected chi connectivity index (χ4v) is 4.66. The van der Waals surface area contributed by atoms with Crippen LogP contribution in [0.25, 0.3) is 10.8 Å². The smallest absolute Gasteiger partial charge is 0.214 e. The molecule has 5 rings (SSSR count). The van der Waals surface area contributed by atoms with Crippen molar-refractivity contribution in [2.45, 2.75) is 31.3 Å². The van der Waals surface area contributed by atoms with Gasteiger partial charge in [0.1, 0.15) is 5.82 Å². The number of pyridine rings is 2. The second-order valence-corrected chi connectivity index (χ2v) is 7.65. The molecule has 2 unspecified atom stereocenters. The summed E-state index contributed by atoms with van der Waals surface area (Å²) in [5.74, 6) is 0.377. The van der Waals surface area contributed by atoms with Gasteiger partial charge in [-0.15, -0.1) is 0 Å². The normalized spacial score (nSPS) is 22.5. The van der Waals surface area contributed by atoms with Gasteiger partial charge in [0, 0.05) is 49.5 Å². The summed E-state index contributed by atoms with van der Waals surface area (Å²) in [5.41, 5.74) is 1.36. The molecule has 0 radical (unpaired) electrons. The lowest BCUT2D eigenvalue weighted by Crippen LogP contribution is -2.54. The Hall–Kier alpha value is -2.53. The van der Waals surface area contributed by atoms with Crippen molar-refractivity contribution in [3.8, 4) is 0 Å². The second kappa shape index (κ2) is 6.89. The van der Waals surface area contributed by atoms with Crippen molar-refractivity contribution in [1.29, 1.82) is 0 Å². The molecule has 0 aliphatic carbocycles. The van der Waals surface area contributed by atoms with Crippen LogP contribution in [0.2, 0.25) is 0 Å². The van der Waals surface area contributed by atoms with Gasteiger partial charge in [-0.05, 0) is 54.5 Å². The van der Waals surface area contributed by atoms with Crippen molar-refractivity contribution in [3.63, 3.8) is 0 Å². The minimum Gasteiger partial charge on any atom is -0.353 e. The molecule has 4 nitrogen and oxygen atoms in total. The van der Waals surface area contributed by atoms with Gasteiger partial charge >= 0.3 is 0 Å². The molecule has 1 aromatic carbocycles. The van der Waals surface area contributed by atoms with Gasteiger partial charge in [0.2, 0.25) is 5.95 Å². The molecule has 2 aliphatic rings. The first-order valence-corrected chi connectivity index (χ1v) is 9.72. The van der Waals surface area contributed by atoms with Crippen molar-refractivity contribution in [2.75, 3.05) is 24.5 Å². The minimum absolute atomic E-state index is 0.395. The molecule has 2 aliphatic heterocycles. The van der Waals surface area contributed by atoms with E-state index in [1.54, 1.807) is 6.07 Å². The monoisotopic (exact) mass is 362 g/mol. The molecule has 2 aromatic heterocycles. The van der Waals surface area contributed by atoms with E-state index in [4.69, 9.17) is 0 Å². The number of piperazine rings is 1. The number of aromatic nitrogens is 2. The zero-order valence-electron chi connectivity index (χ0n) is 15.3. The van der Waals surface area contributed by atoms with Gasteiger partial charge < -0.3 is 4.90 Å². The number of nitrogens with zero attached hydrogens (tertiary/aromatic N) is 4. The van der Waals surface area contributed by atoms with E-state index in [9.17, 15) is 4.39 Å². The average Bonchev–Trinajstić information content (AvgIpc) is 2.93. The highest BCUT2D eigenvalue weighted by molar-refractivity contribution is 5.81. The van der Waals surface area contributed by atoms with Crippen LogP contribution in [-0.4, -0.2) is 46.6 Å². The zero-order valence-corrected chi connectivity index (χ0v) is 15.3. The van der Waals surface area contributed by atoms with Gasteiger partial charge in [-0.25, -0.2) is 4.98 Å². The number of rotatable bonds is 4. The Labute approximate surface area is 158 Å². The summed E-state index contributed by atoms with van der Waals surface area (Å²) in [6.45, 7) is 2.95. The van der Waals surface area contributed by atoms with Crippen molar-refractivity contribution >= 4 is 16.6 Å². The van der Waals surface area contributed by atoms with E-state index in [1.165, 1.54) is 35.2 Å². The van der Waals surface area contributed by atoms with Gasteiger partial charge in [0.05, 0.1) is 0 Å². The quantitative estimate of drug-likeness (QED) is 0.663. The van der Waals surface area contributed by atoms with Crippen molar-refractivity contribution in [3.05, 3.63) is 66.4 Å². The van der Waals surface area contributed by atoms with Crippen molar-refractivity contribution < 1.29 is 4.39 Å². The molecule has 0 amide bonds. The van der Waals surface area contributed by atoms with Crippen LogP contribution in [0, 0.1) is 5.95 Å². The summed E-state index contributed by atoms with van der Waals surface area (Å²) in [6.07, 6.45) is 7.27. The Morgan fingerprint density at radius 3 is 2.67 bits per heavy atom. The fourth-order valence-electron chi connectivity index (χ4n) is 4.66. The standard InChI is InChI=1S/C22H23FN4/c23-21-2-1-3-22(25-21)26-14-19-6-7-20(15-26)27(19)11-9-16-4-5-17-8-10-24-13-18(17)12-16/h1-5,8,10,12-13,19-20H,6-7,9,11,14-15H2.